The van der Waals surface area contributed by atoms with Gasteiger partial charge in [0, 0.05) is 5.71 Å². The Bertz CT molecular complexity index is 591. The molecular formula is C19H25NO2. The van der Waals surface area contributed by atoms with E-state index >= 15 is 0 Å². The Kier molecular flexibility index (Phi) is 3.84. The maximum Gasteiger partial charge on any atom is 0.318 e. The van der Waals surface area contributed by atoms with Gasteiger partial charge >= 0.3 is 5.97 Å². The van der Waals surface area contributed by atoms with Crippen molar-refractivity contribution in [3.63, 3.8) is 0 Å². The summed E-state index contributed by atoms with van der Waals surface area (Å²) in [6.07, 6.45) is 2.94. The van der Waals surface area contributed by atoms with Crippen LogP contribution in [0.5, 0.6) is 0 Å². The third-order valence-corrected chi connectivity index (χ3v) is 5.84. The lowest BCUT2D eigenvalue weighted by Gasteiger charge is -2.35. The summed E-state index contributed by atoms with van der Waals surface area (Å²) < 4.78 is 5.44. The van der Waals surface area contributed by atoms with Crippen LogP contribution in [-0.4, -0.2) is 18.3 Å². The zero-order chi connectivity index (χ0) is 15.8. The van der Waals surface area contributed by atoms with Crippen molar-refractivity contribution in [2.24, 2.45) is 21.7 Å². The fraction of sp³-hybridized carbons (Fsp3) is 0.579. The Hall–Kier alpha value is -1.64. The number of hydrogen-bond acceptors (Lipinski definition) is 3. The monoisotopic (exact) mass is 299 g/mol. The molecule has 1 aromatic rings. The maximum absolute atomic E-state index is 12.8. The van der Waals surface area contributed by atoms with Crippen LogP contribution in [0, 0.1) is 16.7 Å². The molecule has 2 bridgehead atoms. The molecule has 2 aliphatic carbocycles. The van der Waals surface area contributed by atoms with E-state index in [1.54, 1.807) is 0 Å². The second-order valence-corrected chi connectivity index (χ2v) is 7.04. The Morgan fingerprint density at radius 2 is 2.05 bits per heavy atom. The first kappa shape index (κ1) is 15.3. The van der Waals surface area contributed by atoms with Crippen LogP contribution in [0.15, 0.2) is 35.3 Å². The minimum Gasteiger partial charge on any atom is -0.465 e. The molecule has 0 aromatic heterocycles. The molecule has 0 aliphatic heterocycles. The average Bonchev–Trinajstić information content (AvgIpc) is 2.90. The summed E-state index contributed by atoms with van der Waals surface area (Å²) in [5.41, 5.74) is 1.71. The van der Waals surface area contributed by atoms with E-state index in [1.165, 1.54) is 5.56 Å². The van der Waals surface area contributed by atoms with E-state index < -0.39 is 5.41 Å². The van der Waals surface area contributed by atoms with Crippen molar-refractivity contribution in [2.75, 3.05) is 6.61 Å². The van der Waals surface area contributed by atoms with Crippen molar-refractivity contribution in [3.8, 4) is 0 Å². The third kappa shape index (κ3) is 2.10. The summed E-state index contributed by atoms with van der Waals surface area (Å²) in [6, 6.07) is 10.2. The zero-order valence-electron chi connectivity index (χ0n) is 13.8. The molecule has 2 saturated carbocycles. The number of rotatable bonds is 4. The average molecular weight is 299 g/mol. The molecule has 2 aliphatic rings. The van der Waals surface area contributed by atoms with E-state index in [0.717, 1.165) is 25.0 Å². The highest BCUT2D eigenvalue weighted by Crippen LogP contribution is 2.64. The zero-order valence-corrected chi connectivity index (χ0v) is 13.8. The molecule has 0 unspecified atom stereocenters. The van der Waals surface area contributed by atoms with E-state index in [0.29, 0.717) is 19.1 Å². The first-order chi connectivity index (χ1) is 10.5. The molecule has 2 atom stereocenters. The van der Waals surface area contributed by atoms with Crippen molar-refractivity contribution in [1.29, 1.82) is 0 Å². The Morgan fingerprint density at radius 1 is 1.32 bits per heavy atom. The summed E-state index contributed by atoms with van der Waals surface area (Å²) in [5, 5.41) is 0. The number of esters is 1. The molecule has 3 rings (SSSR count). The van der Waals surface area contributed by atoms with Gasteiger partial charge in [0.25, 0.3) is 0 Å². The van der Waals surface area contributed by atoms with Gasteiger partial charge in [-0.3, -0.25) is 9.79 Å². The summed E-state index contributed by atoms with van der Waals surface area (Å²) in [5.74, 6) is 0.484. The number of aliphatic imine (C=N–C) groups is 1. The van der Waals surface area contributed by atoms with Crippen molar-refractivity contribution in [2.45, 2.75) is 46.6 Å². The van der Waals surface area contributed by atoms with Gasteiger partial charge in [0.1, 0.15) is 5.41 Å². The minimum absolute atomic E-state index is 0.0469. The smallest absolute Gasteiger partial charge is 0.318 e. The van der Waals surface area contributed by atoms with Gasteiger partial charge in [-0.2, -0.15) is 0 Å². The first-order valence-electron chi connectivity index (χ1n) is 8.27. The van der Waals surface area contributed by atoms with Gasteiger partial charge in [-0.1, -0.05) is 44.2 Å². The fourth-order valence-electron chi connectivity index (χ4n) is 4.41. The summed E-state index contributed by atoms with van der Waals surface area (Å²) >= 11 is 0. The highest BCUT2D eigenvalue weighted by Gasteiger charge is 2.67. The van der Waals surface area contributed by atoms with Gasteiger partial charge < -0.3 is 4.74 Å². The first-order valence-corrected chi connectivity index (χ1v) is 8.27. The van der Waals surface area contributed by atoms with Crippen molar-refractivity contribution in [1.82, 2.24) is 0 Å². The van der Waals surface area contributed by atoms with Crippen LogP contribution in [0.1, 0.15) is 45.6 Å². The number of nitrogens with zero attached hydrogens (tertiary/aromatic N) is 1. The summed E-state index contributed by atoms with van der Waals surface area (Å²) in [6.45, 7) is 7.40. The van der Waals surface area contributed by atoms with Crippen LogP contribution in [0.3, 0.4) is 0 Å². The minimum atomic E-state index is -0.498. The van der Waals surface area contributed by atoms with Gasteiger partial charge in [-0.05, 0) is 43.1 Å². The van der Waals surface area contributed by atoms with Crippen LogP contribution in [0.4, 0.5) is 0 Å². The summed E-state index contributed by atoms with van der Waals surface area (Å²) in [7, 11) is 0. The predicted octanol–water partition coefficient (Wildman–Crippen LogP) is 4.02. The predicted molar refractivity (Wildman–Crippen MR) is 87.8 cm³/mol. The Morgan fingerprint density at radius 3 is 2.68 bits per heavy atom. The second-order valence-electron chi connectivity index (χ2n) is 7.04. The van der Waals surface area contributed by atoms with Gasteiger partial charge in [-0.25, -0.2) is 0 Å². The molecular weight excluding hydrogens is 274 g/mol. The fourth-order valence-corrected chi connectivity index (χ4v) is 4.41. The number of carbonyl (C=O) groups is 1. The number of benzene rings is 1. The number of fused-ring (bicyclic) bond motifs is 2. The largest absolute Gasteiger partial charge is 0.465 e. The molecule has 0 N–H and O–H groups in total. The molecule has 2 fully saturated rings. The van der Waals surface area contributed by atoms with Crippen LogP contribution >= 0.6 is 0 Å². The molecule has 0 amide bonds. The maximum atomic E-state index is 12.8. The molecule has 3 heteroatoms. The van der Waals surface area contributed by atoms with E-state index in [2.05, 4.69) is 26.0 Å². The van der Waals surface area contributed by atoms with Crippen molar-refractivity contribution >= 4 is 11.7 Å². The molecule has 3 nitrogen and oxygen atoms in total. The summed E-state index contributed by atoms with van der Waals surface area (Å²) in [4.78, 5) is 17.6. The van der Waals surface area contributed by atoms with Gasteiger partial charge in [0.05, 0.1) is 13.2 Å². The van der Waals surface area contributed by atoms with Gasteiger partial charge in [0.2, 0.25) is 0 Å². The van der Waals surface area contributed by atoms with Crippen LogP contribution in [-0.2, 0) is 16.1 Å². The topological polar surface area (TPSA) is 38.7 Å². The molecule has 118 valence electrons. The van der Waals surface area contributed by atoms with Crippen molar-refractivity contribution in [3.05, 3.63) is 35.9 Å². The van der Waals surface area contributed by atoms with Gasteiger partial charge in [-0.15, -0.1) is 0 Å². The third-order valence-electron chi connectivity index (χ3n) is 5.84. The van der Waals surface area contributed by atoms with E-state index in [-0.39, 0.29) is 11.4 Å². The lowest BCUT2D eigenvalue weighted by atomic mass is 9.68. The highest BCUT2D eigenvalue weighted by atomic mass is 16.5. The Balaban J connectivity index is 1.92. The lowest BCUT2D eigenvalue weighted by Crippen LogP contribution is -2.44. The van der Waals surface area contributed by atoms with Gasteiger partial charge in [0.15, 0.2) is 0 Å². The normalized spacial score (nSPS) is 30.7. The number of carbonyl (C=O) groups excluding carboxylic acids is 1. The SMILES string of the molecule is CCOC(=O)[C@]12CC[C@H](CC1=NCc1ccccc1)C2(C)C. The molecule has 22 heavy (non-hydrogen) atoms. The van der Waals surface area contributed by atoms with Crippen LogP contribution < -0.4 is 0 Å². The molecule has 0 radical (unpaired) electrons. The Labute approximate surface area is 132 Å². The highest BCUT2D eigenvalue weighted by molar-refractivity contribution is 6.10. The van der Waals surface area contributed by atoms with E-state index in [9.17, 15) is 4.79 Å². The standard InChI is InChI=1S/C19H25NO2/c1-4-22-17(21)19-11-10-15(18(19,2)3)12-16(19)20-13-14-8-6-5-7-9-14/h5-9,15H,4,10-13H2,1-3H3/t15-,19+/m1/s1. The van der Waals surface area contributed by atoms with Crippen LogP contribution in [0.25, 0.3) is 0 Å². The second kappa shape index (κ2) is 5.53. The number of hydrogen-bond donors (Lipinski definition) is 0. The molecule has 1 aromatic carbocycles. The van der Waals surface area contributed by atoms with E-state index in [1.807, 2.05) is 25.1 Å². The quantitative estimate of drug-likeness (QED) is 0.788. The molecule has 0 spiro atoms. The number of ether oxygens (including phenoxy) is 1. The van der Waals surface area contributed by atoms with Crippen molar-refractivity contribution < 1.29 is 9.53 Å². The molecule has 0 saturated heterocycles. The lowest BCUT2D eigenvalue weighted by molar-refractivity contribution is -0.155. The van der Waals surface area contributed by atoms with Crippen LogP contribution in [0.2, 0.25) is 0 Å². The van der Waals surface area contributed by atoms with E-state index in [4.69, 9.17) is 9.73 Å². The molecule has 0 heterocycles.